The van der Waals surface area contributed by atoms with Crippen LogP contribution in [0.25, 0.3) is 5.69 Å². The molecule has 2 aromatic carbocycles. The fourth-order valence-corrected chi connectivity index (χ4v) is 3.49. The zero-order valence-corrected chi connectivity index (χ0v) is 16.7. The van der Waals surface area contributed by atoms with Crippen molar-refractivity contribution >= 4 is 29.7 Å². The largest absolute Gasteiger partial charge is 0.349 e. The van der Waals surface area contributed by atoms with Crippen LogP contribution in [0, 0.1) is 4.77 Å². The lowest BCUT2D eigenvalue weighted by molar-refractivity contribution is 0.0935. The van der Waals surface area contributed by atoms with Crippen LogP contribution < -0.4 is 5.32 Å². The molecule has 1 atom stereocenters. The standard InChI is InChI=1S/C20H21ClN4OS/c1-24(2)17(15-10-6-7-11-16(15)21)12-22-19(26)18-13-23-20(27)25(18)14-8-4-3-5-9-14/h3-11,13,17H,12H2,1-2H3,(H,22,26)(H,23,27)/t17-/m0/s1. The quantitative estimate of drug-likeness (QED) is 0.609. The Labute approximate surface area is 168 Å². The average Bonchev–Trinajstić information content (AvgIpc) is 3.05. The SMILES string of the molecule is CN(C)[C@@H](CNC(=O)c1c[nH]c(=S)n1-c1ccccc1)c1ccccc1Cl. The molecular formula is C20H21ClN4OS. The van der Waals surface area contributed by atoms with Gasteiger partial charge in [-0.1, -0.05) is 48.0 Å². The van der Waals surface area contributed by atoms with Gasteiger partial charge < -0.3 is 15.2 Å². The van der Waals surface area contributed by atoms with E-state index in [4.69, 9.17) is 23.8 Å². The van der Waals surface area contributed by atoms with Crippen LogP contribution in [0.4, 0.5) is 0 Å². The van der Waals surface area contributed by atoms with Gasteiger partial charge in [0.15, 0.2) is 4.77 Å². The summed E-state index contributed by atoms with van der Waals surface area (Å²) in [5, 5.41) is 3.68. The Hall–Kier alpha value is -2.41. The Morgan fingerprint density at radius 3 is 2.52 bits per heavy atom. The maximum absolute atomic E-state index is 12.8. The maximum Gasteiger partial charge on any atom is 0.269 e. The first-order valence-electron chi connectivity index (χ1n) is 8.54. The van der Waals surface area contributed by atoms with Crippen molar-refractivity contribution in [3.8, 4) is 5.69 Å². The van der Waals surface area contributed by atoms with Crippen LogP contribution in [0.1, 0.15) is 22.1 Å². The van der Waals surface area contributed by atoms with E-state index in [1.165, 1.54) is 0 Å². The number of aromatic nitrogens is 2. The molecule has 0 bridgehead atoms. The van der Waals surface area contributed by atoms with Gasteiger partial charge in [0.25, 0.3) is 5.91 Å². The molecule has 0 aliphatic rings. The van der Waals surface area contributed by atoms with E-state index in [0.29, 0.717) is 22.0 Å². The van der Waals surface area contributed by atoms with Crippen molar-refractivity contribution in [3.63, 3.8) is 0 Å². The van der Waals surface area contributed by atoms with Crippen LogP contribution >= 0.6 is 23.8 Å². The molecule has 0 aliphatic heterocycles. The molecule has 0 fully saturated rings. The minimum Gasteiger partial charge on any atom is -0.349 e. The number of halogens is 1. The molecule has 0 saturated carbocycles. The number of nitrogens with zero attached hydrogens (tertiary/aromatic N) is 2. The number of H-pyrrole nitrogens is 1. The van der Waals surface area contributed by atoms with E-state index < -0.39 is 0 Å². The minimum absolute atomic E-state index is 0.0465. The summed E-state index contributed by atoms with van der Waals surface area (Å²) in [6.07, 6.45) is 1.63. The van der Waals surface area contributed by atoms with E-state index in [0.717, 1.165) is 11.3 Å². The second kappa shape index (κ2) is 8.52. The lowest BCUT2D eigenvalue weighted by atomic mass is 10.1. The van der Waals surface area contributed by atoms with Crippen LogP contribution in [-0.2, 0) is 0 Å². The predicted molar refractivity (Wildman–Crippen MR) is 111 cm³/mol. The van der Waals surface area contributed by atoms with Gasteiger partial charge in [0.2, 0.25) is 0 Å². The number of amides is 1. The smallest absolute Gasteiger partial charge is 0.269 e. The van der Waals surface area contributed by atoms with Crippen molar-refractivity contribution < 1.29 is 4.79 Å². The number of aromatic amines is 1. The summed E-state index contributed by atoms with van der Waals surface area (Å²) < 4.78 is 2.20. The van der Waals surface area contributed by atoms with Crippen molar-refractivity contribution in [1.29, 1.82) is 0 Å². The molecular weight excluding hydrogens is 380 g/mol. The van der Waals surface area contributed by atoms with Gasteiger partial charge in [-0.25, -0.2) is 0 Å². The Kier molecular flexibility index (Phi) is 6.11. The number of hydrogen-bond acceptors (Lipinski definition) is 3. The van der Waals surface area contributed by atoms with Crippen LogP contribution in [0.5, 0.6) is 0 Å². The molecule has 2 N–H and O–H groups in total. The van der Waals surface area contributed by atoms with Gasteiger partial charge in [0, 0.05) is 23.5 Å². The average molecular weight is 401 g/mol. The Morgan fingerprint density at radius 2 is 1.85 bits per heavy atom. The third-order valence-corrected chi connectivity index (χ3v) is 5.01. The highest BCUT2D eigenvalue weighted by molar-refractivity contribution is 7.71. The number of rotatable bonds is 6. The molecule has 3 aromatic rings. The van der Waals surface area contributed by atoms with Gasteiger partial charge in [-0.3, -0.25) is 9.36 Å². The second-order valence-corrected chi connectivity index (χ2v) is 7.15. The van der Waals surface area contributed by atoms with Crippen molar-refractivity contribution in [1.82, 2.24) is 19.8 Å². The van der Waals surface area contributed by atoms with Crippen molar-refractivity contribution in [2.45, 2.75) is 6.04 Å². The summed E-state index contributed by atoms with van der Waals surface area (Å²) >= 11 is 11.7. The van der Waals surface area contributed by atoms with E-state index in [2.05, 4.69) is 10.3 Å². The van der Waals surface area contributed by atoms with E-state index in [1.807, 2.05) is 73.6 Å². The zero-order valence-electron chi connectivity index (χ0n) is 15.1. The number of likely N-dealkylation sites (N-methyl/N-ethyl adjacent to an activating group) is 1. The predicted octanol–water partition coefficient (Wildman–Crippen LogP) is 4.22. The van der Waals surface area contributed by atoms with Crippen LogP contribution in [0.3, 0.4) is 0 Å². The third-order valence-electron chi connectivity index (χ3n) is 4.37. The van der Waals surface area contributed by atoms with Gasteiger partial charge in [0.1, 0.15) is 5.69 Å². The van der Waals surface area contributed by atoms with Crippen molar-refractivity contribution in [3.05, 3.63) is 81.8 Å². The normalized spacial score (nSPS) is 12.1. The topological polar surface area (TPSA) is 53.1 Å². The highest BCUT2D eigenvalue weighted by Gasteiger charge is 2.20. The first kappa shape index (κ1) is 19.4. The first-order chi connectivity index (χ1) is 13.0. The van der Waals surface area contributed by atoms with E-state index in [1.54, 1.807) is 10.8 Å². The van der Waals surface area contributed by atoms with Gasteiger partial charge in [-0.15, -0.1) is 0 Å². The van der Waals surface area contributed by atoms with E-state index in [-0.39, 0.29) is 11.9 Å². The van der Waals surface area contributed by atoms with Crippen molar-refractivity contribution in [2.75, 3.05) is 20.6 Å². The van der Waals surface area contributed by atoms with Gasteiger partial charge >= 0.3 is 0 Å². The van der Waals surface area contributed by atoms with Crippen LogP contribution in [0.15, 0.2) is 60.8 Å². The molecule has 0 unspecified atom stereocenters. The second-order valence-electron chi connectivity index (χ2n) is 6.36. The number of imidazole rings is 1. The summed E-state index contributed by atoms with van der Waals surface area (Å²) in [5.41, 5.74) is 2.27. The summed E-state index contributed by atoms with van der Waals surface area (Å²) in [4.78, 5) is 17.8. The van der Waals surface area contributed by atoms with E-state index >= 15 is 0 Å². The monoisotopic (exact) mass is 400 g/mol. The number of carbonyl (C=O) groups is 1. The first-order valence-corrected chi connectivity index (χ1v) is 9.32. The van der Waals surface area contributed by atoms with E-state index in [9.17, 15) is 4.79 Å². The zero-order chi connectivity index (χ0) is 19.4. The summed E-state index contributed by atoms with van der Waals surface area (Å²) in [6, 6.07) is 17.2. The summed E-state index contributed by atoms with van der Waals surface area (Å²) in [7, 11) is 3.92. The third kappa shape index (κ3) is 4.30. The highest BCUT2D eigenvalue weighted by Crippen LogP contribution is 2.25. The molecule has 0 spiro atoms. The molecule has 1 amide bonds. The maximum atomic E-state index is 12.8. The molecule has 0 radical (unpaired) electrons. The Balaban J connectivity index is 1.82. The fourth-order valence-electron chi connectivity index (χ4n) is 2.97. The number of benzene rings is 2. The van der Waals surface area contributed by atoms with Gasteiger partial charge in [0.05, 0.1) is 6.04 Å². The number of nitrogens with one attached hydrogen (secondary N) is 2. The molecule has 140 valence electrons. The molecule has 3 rings (SSSR count). The molecule has 0 saturated heterocycles. The molecule has 1 aromatic heterocycles. The van der Waals surface area contributed by atoms with Gasteiger partial charge in [-0.05, 0) is 50.1 Å². The Bertz CT molecular complexity index is 981. The minimum atomic E-state index is -0.204. The lowest BCUT2D eigenvalue weighted by Gasteiger charge is -2.26. The lowest BCUT2D eigenvalue weighted by Crippen LogP contribution is -2.35. The highest BCUT2D eigenvalue weighted by atomic mass is 35.5. The molecule has 1 heterocycles. The number of carbonyl (C=O) groups excluding carboxylic acids is 1. The van der Waals surface area contributed by atoms with Crippen LogP contribution in [0.2, 0.25) is 5.02 Å². The Morgan fingerprint density at radius 1 is 1.19 bits per heavy atom. The van der Waals surface area contributed by atoms with Gasteiger partial charge in [-0.2, -0.15) is 0 Å². The molecule has 0 aliphatic carbocycles. The van der Waals surface area contributed by atoms with Crippen molar-refractivity contribution in [2.24, 2.45) is 0 Å². The molecule has 5 nitrogen and oxygen atoms in total. The summed E-state index contributed by atoms with van der Waals surface area (Å²) in [5.74, 6) is -0.204. The number of hydrogen-bond donors (Lipinski definition) is 2. The molecule has 27 heavy (non-hydrogen) atoms. The fraction of sp³-hybridized carbons (Fsp3) is 0.200. The molecule has 7 heteroatoms. The summed E-state index contributed by atoms with van der Waals surface area (Å²) in [6.45, 7) is 0.419. The number of para-hydroxylation sites is 1. The van der Waals surface area contributed by atoms with Crippen LogP contribution in [-0.4, -0.2) is 41.0 Å².